The van der Waals surface area contributed by atoms with Gasteiger partial charge in [0.1, 0.15) is 5.82 Å². The van der Waals surface area contributed by atoms with E-state index in [0.29, 0.717) is 18.0 Å². The average molecular weight is 348 g/mol. The highest BCUT2D eigenvalue weighted by Crippen LogP contribution is 2.36. The standard InChI is InChI=1S/C23H25FN2/c1-16(17-6-3-2-4-7-17)26-20-9-5-8-18(14-20)21-12-13-25-23-11-10-19(24)15-22(21)23/h2-4,6-7,10-13,15-16,18,20,26H,5,8-9,14H2,1H3/t16-,18-,20-/m1/s1. The molecule has 1 aliphatic carbocycles. The highest BCUT2D eigenvalue weighted by atomic mass is 19.1. The first-order valence-electron chi connectivity index (χ1n) is 9.56. The largest absolute Gasteiger partial charge is 0.307 e. The summed E-state index contributed by atoms with van der Waals surface area (Å²) in [5.74, 6) is 0.270. The molecule has 3 atom stereocenters. The summed E-state index contributed by atoms with van der Waals surface area (Å²) in [6.45, 7) is 2.23. The summed E-state index contributed by atoms with van der Waals surface area (Å²) < 4.78 is 13.8. The van der Waals surface area contributed by atoms with Crippen molar-refractivity contribution in [3.05, 3.63) is 77.7 Å². The van der Waals surface area contributed by atoms with Gasteiger partial charge >= 0.3 is 0 Å². The monoisotopic (exact) mass is 348 g/mol. The molecule has 2 aromatic carbocycles. The summed E-state index contributed by atoms with van der Waals surface area (Å²) >= 11 is 0. The van der Waals surface area contributed by atoms with Gasteiger partial charge in [-0.05, 0) is 67.5 Å². The van der Waals surface area contributed by atoms with Crippen molar-refractivity contribution in [3.63, 3.8) is 0 Å². The Kier molecular flexibility index (Phi) is 4.98. The molecule has 134 valence electrons. The average Bonchev–Trinajstić information content (AvgIpc) is 2.68. The summed E-state index contributed by atoms with van der Waals surface area (Å²) in [6.07, 6.45) is 6.51. The van der Waals surface area contributed by atoms with Crippen molar-refractivity contribution in [2.75, 3.05) is 0 Å². The summed E-state index contributed by atoms with van der Waals surface area (Å²) in [4.78, 5) is 4.40. The van der Waals surface area contributed by atoms with E-state index in [1.54, 1.807) is 12.1 Å². The maximum Gasteiger partial charge on any atom is 0.123 e. The fourth-order valence-electron chi connectivity index (χ4n) is 4.31. The lowest BCUT2D eigenvalue weighted by molar-refractivity contribution is 0.319. The van der Waals surface area contributed by atoms with Gasteiger partial charge in [-0.1, -0.05) is 36.8 Å². The molecule has 1 N–H and O–H groups in total. The molecule has 3 aromatic rings. The third-order valence-corrected chi connectivity index (χ3v) is 5.64. The van der Waals surface area contributed by atoms with E-state index in [-0.39, 0.29) is 5.82 Å². The van der Waals surface area contributed by atoms with Crippen molar-refractivity contribution < 1.29 is 4.39 Å². The minimum Gasteiger partial charge on any atom is -0.307 e. The second-order valence-corrected chi connectivity index (χ2v) is 7.42. The van der Waals surface area contributed by atoms with Crippen LogP contribution >= 0.6 is 0 Å². The van der Waals surface area contributed by atoms with Gasteiger partial charge < -0.3 is 5.32 Å². The van der Waals surface area contributed by atoms with E-state index in [0.717, 1.165) is 23.7 Å². The summed E-state index contributed by atoms with van der Waals surface area (Å²) in [5, 5.41) is 4.77. The minimum absolute atomic E-state index is 0.185. The zero-order chi connectivity index (χ0) is 17.9. The van der Waals surface area contributed by atoms with E-state index in [1.807, 2.05) is 6.20 Å². The number of nitrogens with zero attached hydrogens (tertiary/aromatic N) is 1. The van der Waals surface area contributed by atoms with Gasteiger partial charge in [0.15, 0.2) is 0 Å². The number of benzene rings is 2. The first-order chi connectivity index (χ1) is 12.7. The Morgan fingerprint density at radius 1 is 1.08 bits per heavy atom. The molecule has 0 aliphatic heterocycles. The molecule has 1 heterocycles. The van der Waals surface area contributed by atoms with Gasteiger partial charge in [-0.2, -0.15) is 0 Å². The minimum atomic E-state index is -0.185. The Bertz CT molecular complexity index is 878. The molecule has 0 bridgehead atoms. The first kappa shape index (κ1) is 17.2. The zero-order valence-corrected chi connectivity index (χ0v) is 15.2. The Balaban J connectivity index is 1.53. The number of pyridine rings is 1. The van der Waals surface area contributed by atoms with E-state index >= 15 is 0 Å². The third kappa shape index (κ3) is 3.63. The van der Waals surface area contributed by atoms with Gasteiger partial charge in [-0.3, -0.25) is 4.98 Å². The molecule has 0 saturated heterocycles. The third-order valence-electron chi connectivity index (χ3n) is 5.64. The van der Waals surface area contributed by atoms with Crippen LogP contribution in [0.4, 0.5) is 4.39 Å². The molecule has 4 rings (SSSR count). The summed E-state index contributed by atoms with van der Waals surface area (Å²) in [5.41, 5.74) is 3.45. The van der Waals surface area contributed by atoms with Gasteiger partial charge in [0.05, 0.1) is 5.52 Å². The molecule has 1 aromatic heterocycles. The van der Waals surface area contributed by atoms with Crippen molar-refractivity contribution in [2.45, 2.75) is 50.6 Å². The van der Waals surface area contributed by atoms with E-state index in [4.69, 9.17) is 0 Å². The van der Waals surface area contributed by atoms with E-state index in [2.05, 4.69) is 53.6 Å². The van der Waals surface area contributed by atoms with Crippen LogP contribution in [0.25, 0.3) is 10.9 Å². The number of halogens is 1. The lowest BCUT2D eigenvalue weighted by atomic mass is 9.80. The van der Waals surface area contributed by atoms with Crippen molar-refractivity contribution in [1.82, 2.24) is 10.3 Å². The number of rotatable bonds is 4. The van der Waals surface area contributed by atoms with E-state index in [9.17, 15) is 4.39 Å². The van der Waals surface area contributed by atoms with Gasteiger partial charge in [0, 0.05) is 23.7 Å². The van der Waals surface area contributed by atoms with Crippen LogP contribution in [0.5, 0.6) is 0 Å². The normalized spacial score (nSPS) is 21.6. The van der Waals surface area contributed by atoms with Crippen molar-refractivity contribution in [2.24, 2.45) is 0 Å². The molecule has 1 saturated carbocycles. The number of hydrogen-bond acceptors (Lipinski definition) is 2. The molecule has 1 aliphatic rings. The predicted molar refractivity (Wildman–Crippen MR) is 105 cm³/mol. The van der Waals surface area contributed by atoms with Crippen LogP contribution in [-0.4, -0.2) is 11.0 Å². The zero-order valence-electron chi connectivity index (χ0n) is 15.2. The van der Waals surface area contributed by atoms with Crippen LogP contribution in [0.3, 0.4) is 0 Å². The Hall–Kier alpha value is -2.26. The second kappa shape index (κ2) is 7.55. The second-order valence-electron chi connectivity index (χ2n) is 7.42. The number of aromatic nitrogens is 1. The lowest BCUT2D eigenvalue weighted by Crippen LogP contribution is -2.35. The van der Waals surface area contributed by atoms with Crippen molar-refractivity contribution in [3.8, 4) is 0 Å². The Labute approximate surface area is 154 Å². The molecule has 0 radical (unpaired) electrons. The van der Waals surface area contributed by atoms with E-state index in [1.165, 1.54) is 30.0 Å². The highest BCUT2D eigenvalue weighted by Gasteiger charge is 2.25. The number of fused-ring (bicyclic) bond motifs is 1. The predicted octanol–water partition coefficient (Wildman–Crippen LogP) is 5.75. The maximum atomic E-state index is 13.8. The maximum absolute atomic E-state index is 13.8. The molecular weight excluding hydrogens is 323 g/mol. The molecule has 2 nitrogen and oxygen atoms in total. The molecule has 26 heavy (non-hydrogen) atoms. The van der Waals surface area contributed by atoms with Crippen LogP contribution in [-0.2, 0) is 0 Å². The van der Waals surface area contributed by atoms with Crippen molar-refractivity contribution >= 4 is 10.9 Å². The Morgan fingerprint density at radius 2 is 1.92 bits per heavy atom. The first-order valence-corrected chi connectivity index (χ1v) is 9.56. The number of nitrogens with one attached hydrogen (secondary N) is 1. The summed E-state index contributed by atoms with van der Waals surface area (Å²) in [6, 6.07) is 18.4. The van der Waals surface area contributed by atoms with Crippen LogP contribution in [0.15, 0.2) is 60.8 Å². The fourth-order valence-corrected chi connectivity index (χ4v) is 4.31. The molecule has 3 heteroatoms. The highest BCUT2D eigenvalue weighted by molar-refractivity contribution is 5.82. The Morgan fingerprint density at radius 3 is 2.77 bits per heavy atom. The molecule has 0 amide bonds. The smallest absolute Gasteiger partial charge is 0.123 e. The van der Waals surface area contributed by atoms with Crippen LogP contribution in [0.2, 0.25) is 0 Å². The van der Waals surface area contributed by atoms with Gasteiger partial charge in [0.2, 0.25) is 0 Å². The SMILES string of the molecule is C[C@@H](N[C@@H]1CCC[C@@H](c2ccnc3ccc(F)cc23)C1)c1ccccc1. The fraction of sp³-hybridized carbons (Fsp3) is 0.348. The van der Waals surface area contributed by atoms with Crippen molar-refractivity contribution in [1.29, 1.82) is 0 Å². The van der Waals surface area contributed by atoms with Crippen LogP contribution < -0.4 is 5.32 Å². The number of hydrogen-bond donors (Lipinski definition) is 1. The lowest BCUT2D eigenvalue weighted by Gasteiger charge is -2.32. The summed E-state index contributed by atoms with van der Waals surface area (Å²) in [7, 11) is 0. The molecule has 1 fully saturated rings. The van der Waals surface area contributed by atoms with Crippen LogP contribution in [0.1, 0.15) is 55.7 Å². The van der Waals surface area contributed by atoms with E-state index < -0.39 is 0 Å². The molecule has 0 spiro atoms. The topological polar surface area (TPSA) is 24.9 Å². The van der Waals surface area contributed by atoms with Crippen LogP contribution in [0, 0.1) is 5.82 Å². The van der Waals surface area contributed by atoms with Gasteiger partial charge in [0.25, 0.3) is 0 Å². The quantitative estimate of drug-likeness (QED) is 0.649. The van der Waals surface area contributed by atoms with Gasteiger partial charge in [-0.25, -0.2) is 4.39 Å². The molecule has 0 unspecified atom stereocenters. The molecular formula is C23H25FN2. The van der Waals surface area contributed by atoms with Gasteiger partial charge in [-0.15, -0.1) is 0 Å².